The van der Waals surface area contributed by atoms with E-state index in [0.29, 0.717) is 25.6 Å². The SMILES string of the molecule is CCOCC(C)OCc1nc(NC)c2c(C)c(C)sc2n1. The van der Waals surface area contributed by atoms with Gasteiger partial charge in [0.2, 0.25) is 0 Å². The lowest BCUT2D eigenvalue weighted by molar-refractivity contribution is -0.0138. The van der Waals surface area contributed by atoms with Gasteiger partial charge in [0.1, 0.15) is 17.3 Å². The van der Waals surface area contributed by atoms with Crippen LogP contribution in [0.15, 0.2) is 0 Å². The van der Waals surface area contributed by atoms with Gasteiger partial charge in [0, 0.05) is 18.5 Å². The molecule has 0 saturated carbocycles. The van der Waals surface area contributed by atoms with Crippen LogP contribution in [0.1, 0.15) is 30.1 Å². The van der Waals surface area contributed by atoms with E-state index >= 15 is 0 Å². The van der Waals surface area contributed by atoms with Crippen molar-refractivity contribution >= 4 is 27.4 Å². The minimum Gasteiger partial charge on any atom is -0.379 e. The summed E-state index contributed by atoms with van der Waals surface area (Å²) >= 11 is 1.70. The first-order chi connectivity index (χ1) is 10.1. The van der Waals surface area contributed by atoms with E-state index in [1.54, 1.807) is 11.3 Å². The van der Waals surface area contributed by atoms with Crippen LogP contribution in [0.25, 0.3) is 10.2 Å². The van der Waals surface area contributed by atoms with Crippen LogP contribution >= 0.6 is 11.3 Å². The Balaban J connectivity index is 2.17. The summed E-state index contributed by atoms with van der Waals surface area (Å²) in [6.45, 7) is 9.88. The number of nitrogens with one attached hydrogen (secondary N) is 1. The van der Waals surface area contributed by atoms with Crippen LogP contribution in [0.3, 0.4) is 0 Å². The first-order valence-corrected chi connectivity index (χ1v) is 8.02. The molecule has 1 atom stereocenters. The quantitative estimate of drug-likeness (QED) is 0.850. The summed E-state index contributed by atoms with van der Waals surface area (Å²) in [5, 5.41) is 4.28. The summed E-state index contributed by atoms with van der Waals surface area (Å²) in [7, 11) is 1.89. The Labute approximate surface area is 129 Å². The van der Waals surface area contributed by atoms with Crippen molar-refractivity contribution in [1.82, 2.24) is 9.97 Å². The number of nitrogens with zero attached hydrogens (tertiary/aromatic N) is 2. The monoisotopic (exact) mass is 309 g/mol. The Bertz CT molecular complexity index is 612. The summed E-state index contributed by atoms with van der Waals surface area (Å²) in [4.78, 5) is 11.5. The molecule has 0 aliphatic rings. The van der Waals surface area contributed by atoms with E-state index in [1.807, 2.05) is 20.9 Å². The van der Waals surface area contributed by atoms with E-state index in [4.69, 9.17) is 9.47 Å². The first-order valence-electron chi connectivity index (χ1n) is 7.20. The van der Waals surface area contributed by atoms with E-state index in [1.165, 1.54) is 10.4 Å². The zero-order chi connectivity index (χ0) is 15.4. The van der Waals surface area contributed by atoms with Gasteiger partial charge in [-0.3, -0.25) is 0 Å². The fourth-order valence-corrected chi connectivity index (χ4v) is 3.14. The van der Waals surface area contributed by atoms with Gasteiger partial charge in [0.15, 0.2) is 5.82 Å². The van der Waals surface area contributed by atoms with Gasteiger partial charge in [-0.2, -0.15) is 0 Å². The van der Waals surface area contributed by atoms with Gasteiger partial charge in [-0.1, -0.05) is 0 Å². The molecule has 0 bridgehead atoms. The highest BCUT2D eigenvalue weighted by Gasteiger charge is 2.14. The molecule has 1 N–H and O–H groups in total. The van der Waals surface area contributed by atoms with Crippen molar-refractivity contribution in [1.29, 1.82) is 0 Å². The molecule has 5 nitrogen and oxygen atoms in total. The third-order valence-electron chi connectivity index (χ3n) is 3.37. The third-order valence-corrected chi connectivity index (χ3v) is 4.47. The van der Waals surface area contributed by atoms with Crippen LogP contribution in [0.2, 0.25) is 0 Å². The maximum Gasteiger partial charge on any atom is 0.158 e. The van der Waals surface area contributed by atoms with Crippen LogP contribution < -0.4 is 5.32 Å². The van der Waals surface area contributed by atoms with Crippen molar-refractivity contribution in [2.45, 2.75) is 40.4 Å². The molecule has 6 heteroatoms. The molecule has 2 rings (SSSR count). The smallest absolute Gasteiger partial charge is 0.158 e. The lowest BCUT2D eigenvalue weighted by Gasteiger charge is -2.12. The maximum absolute atomic E-state index is 5.74. The summed E-state index contributed by atoms with van der Waals surface area (Å²) < 4.78 is 11.1. The van der Waals surface area contributed by atoms with Crippen LogP contribution in [0.5, 0.6) is 0 Å². The minimum absolute atomic E-state index is 0.0362. The Hall–Kier alpha value is -1.24. The Kier molecular flexibility index (Phi) is 5.50. The second kappa shape index (κ2) is 7.15. The topological polar surface area (TPSA) is 56.3 Å². The van der Waals surface area contributed by atoms with E-state index in [0.717, 1.165) is 16.0 Å². The van der Waals surface area contributed by atoms with Crippen molar-refractivity contribution in [3.63, 3.8) is 0 Å². The predicted octanol–water partition coefficient (Wildman–Crippen LogP) is 3.29. The molecule has 0 amide bonds. The van der Waals surface area contributed by atoms with E-state index in [2.05, 4.69) is 29.1 Å². The fraction of sp³-hybridized carbons (Fsp3) is 0.600. The fourth-order valence-electron chi connectivity index (χ4n) is 2.09. The minimum atomic E-state index is 0.0362. The molecule has 0 aliphatic carbocycles. The number of rotatable bonds is 7. The molecule has 21 heavy (non-hydrogen) atoms. The largest absolute Gasteiger partial charge is 0.379 e. The predicted molar refractivity (Wildman–Crippen MR) is 87.2 cm³/mol. The molecule has 2 aromatic heterocycles. The molecular formula is C15H23N3O2S. The van der Waals surface area contributed by atoms with Crippen molar-refractivity contribution in [3.05, 3.63) is 16.3 Å². The van der Waals surface area contributed by atoms with E-state index < -0.39 is 0 Å². The van der Waals surface area contributed by atoms with Gasteiger partial charge in [0.25, 0.3) is 0 Å². The Morgan fingerprint density at radius 2 is 2.05 bits per heavy atom. The number of fused-ring (bicyclic) bond motifs is 1. The number of aryl methyl sites for hydroxylation is 2. The van der Waals surface area contributed by atoms with Crippen LogP contribution in [0.4, 0.5) is 5.82 Å². The zero-order valence-electron chi connectivity index (χ0n) is 13.3. The van der Waals surface area contributed by atoms with Crippen LogP contribution in [-0.4, -0.2) is 36.3 Å². The summed E-state index contributed by atoms with van der Waals surface area (Å²) in [5.41, 5.74) is 1.25. The van der Waals surface area contributed by atoms with Crippen molar-refractivity contribution in [2.24, 2.45) is 0 Å². The maximum atomic E-state index is 5.74. The Morgan fingerprint density at radius 1 is 1.29 bits per heavy atom. The second-order valence-corrected chi connectivity index (χ2v) is 6.19. The number of hydrogen-bond donors (Lipinski definition) is 1. The lowest BCUT2D eigenvalue weighted by Crippen LogP contribution is -2.16. The second-order valence-electron chi connectivity index (χ2n) is 4.98. The lowest BCUT2D eigenvalue weighted by atomic mass is 10.2. The van der Waals surface area contributed by atoms with Gasteiger partial charge in [-0.25, -0.2) is 9.97 Å². The highest BCUT2D eigenvalue weighted by Crippen LogP contribution is 2.33. The number of anilines is 1. The molecule has 2 aromatic rings. The standard InChI is InChI=1S/C15H23N3O2S/c1-6-19-7-9(2)20-8-12-17-14(16-5)13-10(3)11(4)21-15(13)18-12/h9H,6-8H2,1-5H3,(H,16,17,18). The van der Waals surface area contributed by atoms with E-state index in [9.17, 15) is 0 Å². The third kappa shape index (κ3) is 3.70. The van der Waals surface area contributed by atoms with Gasteiger partial charge in [0.05, 0.1) is 18.1 Å². The summed E-state index contributed by atoms with van der Waals surface area (Å²) in [5.74, 6) is 1.58. The van der Waals surface area contributed by atoms with Gasteiger partial charge < -0.3 is 14.8 Å². The van der Waals surface area contributed by atoms with Crippen LogP contribution in [-0.2, 0) is 16.1 Å². The molecule has 2 heterocycles. The molecule has 116 valence electrons. The molecule has 0 fully saturated rings. The number of aromatic nitrogens is 2. The van der Waals surface area contributed by atoms with Crippen molar-refractivity contribution in [3.8, 4) is 0 Å². The molecule has 0 spiro atoms. The molecule has 1 unspecified atom stereocenters. The number of thiophene rings is 1. The molecule has 0 radical (unpaired) electrons. The number of ether oxygens (including phenoxy) is 2. The Morgan fingerprint density at radius 3 is 2.71 bits per heavy atom. The average molecular weight is 309 g/mol. The van der Waals surface area contributed by atoms with Crippen molar-refractivity contribution < 1.29 is 9.47 Å². The van der Waals surface area contributed by atoms with E-state index in [-0.39, 0.29) is 6.10 Å². The molecule has 0 saturated heterocycles. The average Bonchev–Trinajstić information content (AvgIpc) is 2.77. The zero-order valence-corrected chi connectivity index (χ0v) is 14.1. The number of hydrogen-bond acceptors (Lipinski definition) is 6. The highest BCUT2D eigenvalue weighted by molar-refractivity contribution is 7.18. The van der Waals surface area contributed by atoms with Gasteiger partial charge >= 0.3 is 0 Å². The van der Waals surface area contributed by atoms with Gasteiger partial charge in [-0.15, -0.1) is 11.3 Å². The molecule has 0 aromatic carbocycles. The summed E-state index contributed by atoms with van der Waals surface area (Å²) in [6.07, 6.45) is 0.0362. The first kappa shape index (κ1) is 16.1. The van der Waals surface area contributed by atoms with Crippen molar-refractivity contribution in [2.75, 3.05) is 25.6 Å². The highest BCUT2D eigenvalue weighted by atomic mass is 32.1. The van der Waals surface area contributed by atoms with Gasteiger partial charge in [-0.05, 0) is 33.3 Å². The summed E-state index contributed by atoms with van der Waals surface area (Å²) in [6, 6.07) is 0. The van der Waals surface area contributed by atoms with Crippen LogP contribution in [0, 0.1) is 13.8 Å². The molecular weight excluding hydrogens is 286 g/mol. The normalized spacial score (nSPS) is 12.8. The molecule has 0 aliphatic heterocycles.